The lowest BCUT2D eigenvalue weighted by molar-refractivity contribution is -0.137. The highest BCUT2D eigenvalue weighted by Crippen LogP contribution is 2.31. The van der Waals surface area contributed by atoms with Crippen molar-refractivity contribution in [2.75, 3.05) is 0 Å². The minimum Gasteiger partial charge on any atom is -0.487 e. The average Bonchev–Trinajstić information content (AvgIpc) is 3.32. The fourth-order valence-corrected chi connectivity index (χ4v) is 3.69. The molecule has 0 fully saturated rings. The first-order valence-electron chi connectivity index (χ1n) is 11.1. The van der Waals surface area contributed by atoms with Crippen LogP contribution in [0.15, 0.2) is 89.3 Å². The second-order valence-corrected chi connectivity index (χ2v) is 8.11. The number of rotatable bonds is 6. The quantitative estimate of drug-likeness (QED) is 0.239. The van der Waals surface area contributed by atoms with E-state index in [1.54, 1.807) is 25.1 Å². The summed E-state index contributed by atoms with van der Waals surface area (Å²) in [6, 6.07) is 24.0. The van der Waals surface area contributed by atoms with E-state index in [0.29, 0.717) is 29.4 Å². The first kappa shape index (κ1) is 23.3. The average molecular weight is 487 g/mol. The van der Waals surface area contributed by atoms with Gasteiger partial charge in [0.15, 0.2) is 0 Å². The Morgan fingerprint density at radius 2 is 1.64 bits per heavy atom. The van der Waals surface area contributed by atoms with Gasteiger partial charge in [0.2, 0.25) is 11.8 Å². The van der Waals surface area contributed by atoms with E-state index >= 15 is 0 Å². The Balaban J connectivity index is 1.37. The highest BCUT2D eigenvalue weighted by Gasteiger charge is 2.29. The molecule has 36 heavy (non-hydrogen) atoms. The first-order chi connectivity index (χ1) is 17.3. The Bertz CT molecular complexity index is 1520. The number of halogens is 3. The molecule has 0 saturated heterocycles. The lowest BCUT2D eigenvalue weighted by atomic mass is 10.0. The van der Waals surface area contributed by atoms with Gasteiger partial charge in [0, 0.05) is 17.9 Å². The maximum Gasteiger partial charge on any atom is 0.416 e. The predicted molar refractivity (Wildman–Crippen MR) is 130 cm³/mol. The number of fused-ring (bicyclic) bond motifs is 1. The highest BCUT2D eigenvalue weighted by atomic mass is 19.4. The van der Waals surface area contributed by atoms with E-state index in [-0.39, 0.29) is 5.89 Å². The summed E-state index contributed by atoms with van der Waals surface area (Å²) in [7, 11) is 0. The van der Waals surface area contributed by atoms with Crippen LogP contribution in [0.1, 0.15) is 34.2 Å². The molecule has 5 nitrogen and oxygen atoms in total. The third-order valence-electron chi connectivity index (χ3n) is 5.51. The van der Waals surface area contributed by atoms with E-state index in [4.69, 9.17) is 9.15 Å². The maximum atomic E-state index is 12.9. The Kier molecular flexibility index (Phi) is 6.25. The van der Waals surface area contributed by atoms with Crippen LogP contribution in [0.4, 0.5) is 13.2 Å². The Hall–Kier alpha value is -4.46. The normalized spacial score (nSPS) is 12.2. The van der Waals surface area contributed by atoms with Gasteiger partial charge in [0.05, 0.1) is 16.8 Å². The zero-order chi connectivity index (χ0) is 25.1. The molecule has 0 aliphatic rings. The summed E-state index contributed by atoms with van der Waals surface area (Å²) in [6.07, 6.45) is -2.69. The molecule has 0 radical (unpaired) electrons. The van der Waals surface area contributed by atoms with Gasteiger partial charge in [-0.15, -0.1) is 10.2 Å². The van der Waals surface area contributed by atoms with Crippen LogP contribution >= 0.6 is 0 Å². The predicted octanol–water partition coefficient (Wildman–Crippen LogP) is 7.11. The smallest absolute Gasteiger partial charge is 0.416 e. The lowest BCUT2D eigenvalue weighted by Gasteiger charge is -2.09. The Morgan fingerprint density at radius 1 is 0.889 bits per heavy atom. The van der Waals surface area contributed by atoms with Crippen LogP contribution in [0.25, 0.3) is 22.6 Å². The molecular formula is C28H20F3N3O2. The molecule has 5 rings (SSSR count). The summed E-state index contributed by atoms with van der Waals surface area (Å²) in [4.78, 5) is 4.61. The van der Waals surface area contributed by atoms with E-state index in [2.05, 4.69) is 15.2 Å². The molecule has 0 N–H and O–H groups in total. The Morgan fingerprint density at radius 3 is 2.33 bits per heavy atom. The van der Waals surface area contributed by atoms with Gasteiger partial charge in [-0.2, -0.15) is 13.2 Å². The summed E-state index contributed by atoms with van der Waals surface area (Å²) >= 11 is 0. The molecule has 8 heteroatoms. The summed E-state index contributed by atoms with van der Waals surface area (Å²) in [5, 5.41) is 9.04. The minimum absolute atomic E-state index is 0.265. The largest absolute Gasteiger partial charge is 0.487 e. The standard InChI is InChI=1S/C28H20F3N3O2/c1-18-33-34-27(36-18)25(16-19-6-11-22(12-7-19)28(29,30)31)20-9-14-24(15-10-20)35-17-23-13-8-21-4-2-3-5-26(21)32-23/h2-16H,17H2,1H3/b25-16+. The zero-order valence-corrected chi connectivity index (χ0v) is 19.2. The summed E-state index contributed by atoms with van der Waals surface area (Å²) in [6.45, 7) is 1.98. The number of alkyl halides is 3. The number of ether oxygens (including phenoxy) is 1. The van der Waals surface area contributed by atoms with Gasteiger partial charge >= 0.3 is 6.18 Å². The van der Waals surface area contributed by atoms with Crippen molar-refractivity contribution in [3.05, 3.63) is 119 Å². The maximum absolute atomic E-state index is 12.9. The fourth-order valence-electron chi connectivity index (χ4n) is 3.69. The molecule has 3 aromatic carbocycles. The number of para-hydroxylation sites is 1. The third-order valence-corrected chi connectivity index (χ3v) is 5.51. The Labute approximate surface area is 204 Å². The van der Waals surface area contributed by atoms with Gasteiger partial charge in [-0.3, -0.25) is 0 Å². The van der Waals surface area contributed by atoms with Crippen LogP contribution < -0.4 is 4.74 Å². The number of aryl methyl sites for hydroxylation is 1. The number of hydrogen-bond acceptors (Lipinski definition) is 5. The molecule has 0 atom stereocenters. The van der Waals surface area contributed by atoms with Crippen molar-refractivity contribution in [3.8, 4) is 5.75 Å². The highest BCUT2D eigenvalue weighted by molar-refractivity contribution is 5.88. The van der Waals surface area contributed by atoms with Gasteiger partial charge < -0.3 is 9.15 Å². The van der Waals surface area contributed by atoms with Crippen molar-refractivity contribution in [2.45, 2.75) is 19.7 Å². The molecule has 5 aromatic rings. The molecule has 0 aliphatic carbocycles. The van der Waals surface area contributed by atoms with Gasteiger partial charge in [-0.05, 0) is 53.6 Å². The van der Waals surface area contributed by atoms with Crippen molar-refractivity contribution in [2.24, 2.45) is 0 Å². The van der Waals surface area contributed by atoms with Gasteiger partial charge in [0.25, 0.3) is 0 Å². The molecule has 2 aromatic heterocycles. The number of benzene rings is 3. The molecule has 0 aliphatic heterocycles. The molecule has 0 bridgehead atoms. The van der Waals surface area contributed by atoms with Crippen molar-refractivity contribution in [3.63, 3.8) is 0 Å². The summed E-state index contributed by atoms with van der Waals surface area (Å²) in [5.74, 6) is 1.29. The number of aromatic nitrogens is 3. The van der Waals surface area contributed by atoms with E-state index < -0.39 is 11.7 Å². The lowest BCUT2D eigenvalue weighted by Crippen LogP contribution is -2.04. The number of nitrogens with zero attached hydrogens (tertiary/aromatic N) is 3. The van der Waals surface area contributed by atoms with Crippen molar-refractivity contribution < 1.29 is 22.3 Å². The summed E-state index contributed by atoms with van der Waals surface area (Å²) < 4.78 is 50.3. The summed E-state index contributed by atoms with van der Waals surface area (Å²) in [5.41, 5.74) is 2.89. The van der Waals surface area contributed by atoms with Gasteiger partial charge in [-0.1, -0.05) is 48.5 Å². The van der Waals surface area contributed by atoms with E-state index in [1.165, 1.54) is 12.1 Å². The molecule has 0 unspecified atom stereocenters. The van der Waals surface area contributed by atoms with Crippen molar-refractivity contribution in [1.82, 2.24) is 15.2 Å². The van der Waals surface area contributed by atoms with Gasteiger partial charge in [-0.25, -0.2) is 4.98 Å². The van der Waals surface area contributed by atoms with E-state index in [0.717, 1.165) is 34.3 Å². The molecule has 0 spiro atoms. The molecule has 0 saturated carbocycles. The molecule has 0 amide bonds. The minimum atomic E-state index is -4.40. The van der Waals surface area contributed by atoms with Crippen LogP contribution in [0.2, 0.25) is 0 Å². The first-order valence-corrected chi connectivity index (χ1v) is 11.1. The SMILES string of the molecule is Cc1nnc(/C(=C/c2ccc(C(F)(F)F)cc2)c2ccc(OCc3ccc4ccccc4n3)cc2)o1. The van der Waals surface area contributed by atoms with Crippen LogP contribution in [-0.2, 0) is 12.8 Å². The fraction of sp³-hybridized carbons (Fsp3) is 0.107. The van der Waals surface area contributed by atoms with Crippen LogP contribution in [0, 0.1) is 6.92 Å². The third kappa shape index (κ3) is 5.27. The molecular weight excluding hydrogens is 467 g/mol. The zero-order valence-electron chi connectivity index (χ0n) is 19.2. The second-order valence-electron chi connectivity index (χ2n) is 8.11. The monoisotopic (exact) mass is 487 g/mol. The number of pyridine rings is 1. The molecule has 2 heterocycles. The van der Waals surface area contributed by atoms with E-state index in [9.17, 15) is 13.2 Å². The van der Waals surface area contributed by atoms with Crippen LogP contribution in [0.3, 0.4) is 0 Å². The van der Waals surface area contributed by atoms with Crippen LogP contribution in [-0.4, -0.2) is 15.2 Å². The van der Waals surface area contributed by atoms with Crippen molar-refractivity contribution >= 4 is 22.6 Å². The second kappa shape index (κ2) is 9.65. The van der Waals surface area contributed by atoms with Crippen LogP contribution in [0.5, 0.6) is 5.75 Å². The topological polar surface area (TPSA) is 61.0 Å². The van der Waals surface area contributed by atoms with Gasteiger partial charge in [0.1, 0.15) is 12.4 Å². The molecule has 180 valence electrons. The van der Waals surface area contributed by atoms with E-state index in [1.807, 2.05) is 48.5 Å². The van der Waals surface area contributed by atoms with Crippen molar-refractivity contribution in [1.29, 1.82) is 0 Å². The number of hydrogen-bond donors (Lipinski definition) is 0.